The van der Waals surface area contributed by atoms with Crippen LogP contribution >= 0.6 is 0 Å². The van der Waals surface area contributed by atoms with Crippen LogP contribution in [0.25, 0.3) is 0 Å². The minimum absolute atomic E-state index is 0. The summed E-state index contributed by atoms with van der Waals surface area (Å²) in [6, 6.07) is 0. The molecule has 0 heterocycles. The van der Waals surface area contributed by atoms with E-state index in [2.05, 4.69) is 0 Å². The van der Waals surface area contributed by atoms with Crippen molar-refractivity contribution in [2.45, 2.75) is 0 Å². The molecular formula is CuTiVW. The van der Waals surface area contributed by atoms with Crippen molar-refractivity contribution in [2.24, 2.45) is 0 Å². The van der Waals surface area contributed by atoms with Crippen LogP contribution in [0.1, 0.15) is 0 Å². The van der Waals surface area contributed by atoms with Gasteiger partial charge < -0.3 is 0 Å². The van der Waals surface area contributed by atoms with Gasteiger partial charge in [-0.05, 0) is 0 Å². The van der Waals surface area contributed by atoms with Crippen LogP contribution in [0.15, 0.2) is 0 Å². The molecule has 0 nitrogen and oxygen atoms in total. The second kappa shape index (κ2) is 17.8. The first-order valence-corrected chi connectivity index (χ1v) is 0. The van der Waals surface area contributed by atoms with Crippen LogP contribution in [0.2, 0.25) is 0 Å². The van der Waals surface area contributed by atoms with Crippen LogP contribution in [-0.2, 0) is 78.4 Å². The van der Waals surface area contributed by atoms with E-state index in [9.17, 15) is 0 Å². The molecule has 0 aliphatic heterocycles. The molecule has 0 aromatic carbocycles. The molecule has 0 fully saturated rings. The maximum Gasteiger partial charge on any atom is 0 e. The van der Waals surface area contributed by atoms with Crippen molar-refractivity contribution in [3.05, 3.63) is 0 Å². The van der Waals surface area contributed by atoms with Crippen molar-refractivity contribution in [3.8, 4) is 0 Å². The molecule has 0 bridgehead atoms. The fourth-order valence-corrected chi connectivity index (χ4v) is 0. The van der Waals surface area contributed by atoms with Crippen molar-refractivity contribution >= 4 is 0 Å². The summed E-state index contributed by atoms with van der Waals surface area (Å²) in [6.07, 6.45) is 0. The van der Waals surface area contributed by atoms with Crippen LogP contribution in [-0.4, -0.2) is 0 Å². The van der Waals surface area contributed by atoms with E-state index < -0.39 is 0 Å². The maximum atomic E-state index is 0. The number of rotatable bonds is 0. The van der Waals surface area contributed by atoms with Gasteiger partial charge in [0.05, 0.1) is 0 Å². The zero-order valence-corrected chi connectivity index (χ0v) is 8.49. The summed E-state index contributed by atoms with van der Waals surface area (Å²) in [4.78, 5) is 0. The Morgan fingerprint density at radius 3 is 1.00 bits per heavy atom. The van der Waals surface area contributed by atoms with E-state index in [0.717, 1.165) is 0 Å². The van der Waals surface area contributed by atoms with Gasteiger partial charge >= 0.3 is 0 Å². The molecule has 0 saturated carbocycles. The third-order valence-corrected chi connectivity index (χ3v) is 0. The van der Waals surface area contributed by atoms with Crippen molar-refractivity contribution in [3.63, 3.8) is 0 Å². The van der Waals surface area contributed by atoms with Gasteiger partial charge in [0.1, 0.15) is 0 Å². The maximum absolute atomic E-state index is 0. The first-order valence-electron chi connectivity index (χ1n) is 0. The summed E-state index contributed by atoms with van der Waals surface area (Å²) in [5, 5.41) is 0. The summed E-state index contributed by atoms with van der Waals surface area (Å²) in [7, 11) is 0. The largest absolute Gasteiger partial charge is 0 e. The normalized spacial score (nSPS) is 0. The Morgan fingerprint density at radius 1 is 1.00 bits per heavy atom. The Morgan fingerprint density at radius 2 is 1.00 bits per heavy atom. The zero-order chi connectivity index (χ0) is 0. The number of hydrogen-bond donors (Lipinski definition) is 0. The second-order valence-electron chi connectivity index (χ2n) is 0. The minimum Gasteiger partial charge on any atom is 0 e. The molecule has 0 spiro atoms. The minimum atomic E-state index is 0. The van der Waals surface area contributed by atoms with E-state index in [1.807, 2.05) is 0 Å². The molecular weight excluding hydrogens is 346 g/mol. The third-order valence-electron chi connectivity index (χ3n) is 0. The summed E-state index contributed by atoms with van der Waals surface area (Å²) in [5.74, 6) is 0. The average Bonchev–Trinajstić information content (AvgIpc) is 0. The smallest absolute Gasteiger partial charge is 0 e. The molecule has 26 valence electrons. The van der Waals surface area contributed by atoms with Crippen LogP contribution in [0, 0.1) is 0 Å². The van der Waals surface area contributed by atoms with E-state index in [1.165, 1.54) is 0 Å². The van der Waals surface area contributed by atoms with E-state index in [4.69, 9.17) is 0 Å². The molecule has 4 heteroatoms. The van der Waals surface area contributed by atoms with E-state index in [0.29, 0.717) is 0 Å². The monoisotopic (exact) mass is 346 g/mol. The molecule has 0 N–H and O–H groups in total. The number of hydrogen-bond acceptors (Lipinski definition) is 0. The molecule has 0 aliphatic carbocycles. The molecule has 0 saturated heterocycles. The predicted octanol–water partition coefficient (Wildman–Crippen LogP) is -0.0100. The molecule has 0 aliphatic rings. The van der Waals surface area contributed by atoms with Gasteiger partial charge in [0.25, 0.3) is 0 Å². The molecule has 2 radical (unpaired) electrons. The van der Waals surface area contributed by atoms with E-state index >= 15 is 0 Å². The SMILES string of the molecule is [Cu].[Ti].[V].[W]. The first kappa shape index (κ1) is 31.4. The Hall–Kier alpha value is 2.51. The molecule has 0 atom stereocenters. The summed E-state index contributed by atoms with van der Waals surface area (Å²) < 4.78 is 0. The van der Waals surface area contributed by atoms with Crippen molar-refractivity contribution in [2.75, 3.05) is 0 Å². The Bertz CT molecular complexity index is 8.00. The molecule has 4 heavy (non-hydrogen) atoms. The van der Waals surface area contributed by atoms with Crippen LogP contribution in [0.3, 0.4) is 0 Å². The van der Waals surface area contributed by atoms with Crippen LogP contribution in [0.5, 0.6) is 0 Å². The molecule has 0 aromatic rings. The fourth-order valence-electron chi connectivity index (χ4n) is 0. The molecule has 0 aromatic heterocycles. The standard InChI is InChI=1S/Cu.Ti.V.W. The van der Waals surface area contributed by atoms with Crippen LogP contribution in [0.4, 0.5) is 0 Å². The van der Waals surface area contributed by atoms with Crippen LogP contribution < -0.4 is 0 Å². The quantitative estimate of drug-likeness (QED) is 0.542. The fraction of sp³-hybridized carbons (Fsp3) is 0. The van der Waals surface area contributed by atoms with Gasteiger partial charge in [0.2, 0.25) is 0 Å². The van der Waals surface area contributed by atoms with Crippen molar-refractivity contribution in [1.29, 1.82) is 0 Å². The summed E-state index contributed by atoms with van der Waals surface area (Å²) in [6.45, 7) is 0. The Kier molecular flexibility index (Phi) is 140. The molecule has 0 rings (SSSR count). The summed E-state index contributed by atoms with van der Waals surface area (Å²) >= 11 is 0. The van der Waals surface area contributed by atoms with Gasteiger partial charge in [-0.1, -0.05) is 0 Å². The third kappa shape index (κ3) is 8.82. The van der Waals surface area contributed by atoms with Gasteiger partial charge in [-0.15, -0.1) is 0 Å². The first-order chi connectivity index (χ1) is 0. The molecule has 0 unspecified atom stereocenters. The van der Waals surface area contributed by atoms with Gasteiger partial charge in [0.15, 0.2) is 0 Å². The Labute approximate surface area is 77.4 Å². The second-order valence-corrected chi connectivity index (χ2v) is 0. The van der Waals surface area contributed by atoms with E-state index in [-0.39, 0.29) is 78.4 Å². The van der Waals surface area contributed by atoms with Gasteiger partial charge in [-0.25, -0.2) is 0 Å². The van der Waals surface area contributed by atoms with E-state index in [1.54, 1.807) is 0 Å². The average molecular weight is 346 g/mol. The molecule has 0 amide bonds. The van der Waals surface area contributed by atoms with Crippen molar-refractivity contribution < 1.29 is 78.4 Å². The van der Waals surface area contributed by atoms with Gasteiger partial charge in [-0.3, -0.25) is 0 Å². The summed E-state index contributed by atoms with van der Waals surface area (Å²) in [5.41, 5.74) is 0. The van der Waals surface area contributed by atoms with Crippen molar-refractivity contribution in [1.82, 2.24) is 0 Å². The zero-order valence-electron chi connectivity index (χ0n) is 1.66. The topological polar surface area (TPSA) is 0 Å². The Balaban J connectivity index is 0. The van der Waals surface area contributed by atoms with Gasteiger partial charge in [0, 0.05) is 78.4 Å². The predicted molar refractivity (Wildman–Crippen MR) is 0 cm³/mol. The van der Waals surface area contributed by atoms with Gasteiger partial charge in [-0.2, -0.15) is 0 Å².